The lowest BCUT2D eigenvalue weighted by Gasteiger charge is -2.37. The van der Waals surface area contributed by atoms with Gasteiger partial charge in [0.2, 0.25) is 0 Å². The molecule has 0 atom stereocenters. The van der Waals surface area contributed by atoms with Gasteiger partial charge in [0.25, 0.3) is 0 Å². The van der Waals surface area contributed by atoms with Crippen LogP contribution in [0.15, 0.2) is 54.6 Å². The third kappa shape index (κ3) is 5.89. The number of hydrogen-bond acceptors (Lipinski definition) is 3. The van der Waals surface area contributed by atoms with E-state index in [0.717, 1.165) is 22.8 Å². The summed E-state index contributed by atoms with van der Waals surface area (Å²) in [7, 11) is -1.91. The fourth-order valence-electron chi connectivity index (χ4n) is 2.24. The number of anilines is 1. The lowest BCUT2D eigenvalue weighted by molar-refractivity contribution is 0.103. The van der Waals surface area contributed by atoms with Gasteiger partial charge in [0.1, 0.15) is 0 Å². The Balaban J connectivity index is 2.03. The Morgan fingerprint density at radius 1 is 0.875 bits per heavy atom. The fourth-order valence-corrected chi connectivity index (χ4v) is 6.50. The Hall–Kier alpha value is -1.43. The first kappa shape index (κ1) is 18.9. The Morgan fingerprint density at radius 3 is 1.96 bits per heavy atom. The van der Waals surface area contributed by atoms with Crippen LogP contribution in [0.5, 0.6) is 0 Å². The van der Waals surface area contributed by atoms with E-state index in [-0.39, 0.29) is 5.78 Å². The van der Waals surface area contributed by atoms with Gasteiger partial charge in [-0.25, -0.2) is 0 Å². The average Bonchev–Trinajstić information content (AvgIpc) is 2.53. The van der Waals surface area contributed by atoms with E-state index < -0.39 is 20.4 Å². The molecule has 0 heterocycles. The van der Waals surface area contributed by atoms with E-state index in [1.165, 1.54) is 0 Å². The van der Waals surface area contributed by atoms with E-state index in [1.54, 1.807) is 0 Å². The summed E-state index contributed by atoms with van der Waals surface area (Å²) in [5.74, 6) is 2.21. The molecule has 0 amide bonds. The van der Waals surface area contributed by atoms with E-state index in [0.29, 0.717) is 5.56 Å². The molecule has 0 aliphatic heterocycles. The summed E-state index contributed by atoms with van der Waals surface area (Å²) in [6, 6.07) is 17.1. The van der Waals surface area contributed by atoms with Crippen molar-refractivity contribution in [3.63, 3.8) is 0 Å². The molecule has 2 rings (SSSR count). The van der Waals surface area contributed by atoms with E-state index in [1.807, 2.05) is 54.6 Å². The number of benzene rings is 2. The van der Waals surface area contributed by atoms with Crippen LogP contribution in [0.2, 0.25) is 0 Å². The van der Waals surface area contributed by atoms with Crippen LogP contribution in [0.3, 0.4) is 0 Å². The minimum absolute atomic E-state index is 0.0576. The SMILES string of the molecule is CS(C)(N)CCS(C)(C)Nc1ccc(C(=O)c2ccccc2)cc1. The Morgan fingerprint density at radius 2 is 1.42 bits per heavy atom. The van der Waals surface area contributed by atoms with Crippen LogP contribution >= 0.6 is 20.4 Å². The predicted octanol–water partition coefficient (Wildman–Crippen LogP) is 4.25. The molecule has 0 aliphatic carbocycles. The van der Waals surface area contributed by atoms with Gasteiger partial charge in [-0.05, 0) is 55.0 Å². The van der Waals surface area contributed by atoms with Gasteiger partial charge in [-0.2, -0.15) is 20.4 Å². The van der Waals surface area contributed by atoms with Crippen molar-refractivity contribution in [2.75, 3.05) is 41.3 Å². The zero-order valence-corrected chi connectivity index (χ0v) is 16.5. The maximum absolute atomic E-state index is 12.4. The number of hydrogen-bond donors (Lipinski definition) is 2. The van der Waals surface area contributed by atoms with Crippen molar-refractivity contribution in [2.24, 2.45) is 5.14 Å². The molecule has 0 aliphatic rings. The van der Waals surface area contributed by atoms with Crippen molar-refractivity contribution in [1.29, 1.82) is 0 Å². The molecule has 2 aromatic carbocycles. The molecule has 0 bridgehead atoms. The number of carbonyl (C=O) groups excluding carboxylic acids is 1. The summed E-state index contributed by atoms with van der Waals surface area (Å²) in [5.41, 5.74) is 2.49. The van der Waals surface area contributed by atoms with Gasteiger partial charge in [-0.3, -0.25) is 9.93 Å². The molecule has 3 nitrogen and oxygen atoms in total. The maximum Gasteiger partial charge on any atom is 0.193 e. The number of carbonyl (C=O) groups is 1. The Bertz CT molecular complexity index is 677. The second-order valence-corrected chi connectivity index (χ2v) is 14.3. The largest absolute Gasteiger partial charge is 0.348 e. The van der Waals surface area contributed by atoms with Gasteiger partial charge >= 0.3 is 0 Å². The molecule has 0 unspecified atom stereocenters. The van der Waals surface area contributed by atoms with Crippen molar-refractivity contribution in [3.05, 3.63) is 65.7 Å². The molecule has 0 saturated carbocycles. The topological polar surface area (TPSA) is 55.1 Å². The van der Waals surface area contributed by atoms with E-state index in [4.69, 9.17) is 5.14 Å². The first-order valence-electron chi connectivity index (χ1n) is 7.84. The lowest BCUT2D eigenvalue weighted by atomic mass is 10.0. The minimum Gasteiger partial charge on any atom is -0.348 e. The van der Waals surface area contributed by atoms with Crippen molar-refractivity contribution in [2.45, 2.75) is 0 Å². The highest BCUT2D eigenvalue weighted by Gasteiger charge is 2.15. The van der Waals surface area contributed by atoms with E-state index in [9.17, 15) is 4.79 Å². The van der Waals surface area contributed by atoms with Crippen LogP contribution in [0, 0.1) is 0 Å². The summed E-state index contributed by atoms with van der Waals surface area (Å²) >= 11 is 0. The van der Waals surface area contributed by atoms with Gasteiger partial charge < -0.3 is 4.72 Å². The molecular weight excluding hydrogens is 336 g/mol. The molecule has 132 valence electrons. The number of nitrogens with one attached hydrogen (secondary N) is 1. The van der Waals surface area contributed by atoms with Crippen LogP contribution in [0.4, 0.5) is 5.69 Å². The number of nitrogens with two attached hydrogens (primary N) is 1. The maximum atomic E-state index is 12.4. The number of rotatable bonds is 7. The molecule has 3 N–H and O–H groups in total. The monoisotopic (exact) mass is 364 g/mol. The highest BCUT2D eigenvalue weighted by Crippen LogP contribution is 2.43. The standard InChI is InChI=1S/C19H28N2OS2/c1-23(2,20)14-15-24(3,4)21-18-12-10-17(11-13-18)19(22)16-8-6-5-7-9-16/h5-13,21H,14-15,20H2,1-4H3. The predicted molar refractivity (Wildman–Crippen MR) is 113 cm³/mol. The van der Waals surface area contributed by atoms with Crippen LogP contribution in [-0.2, 0) is 0 Å². The summed E-state index contributed by atoms with van der Waals surface area (Å²) in [5, 5.41) is 6.18. The van der Waals surface area contributed by atoms with Crippen molar-refractivity contribution in [3.8, 4) is 0 Å². The summed E-state index contributed by atoms with van der Waals surface area (Å²) in [6.07, 6.45) is 8.82. The zero-order chi connectivity index (χ0) is 17.8. The first-order valence-corrected chi connectivity index (χ1v) is 13.1. The average molecular weight is 365 g/mol. The molecule has 24 heavy (non-hydrogen) atoms. The van der Waals surface area contributed by atoms with E-state index >= 15 is 0 Å². The van der Waals surface area contributed by atoms with Gasteiger partial charge in [-0.15, -0.1) is 0 Å². The van der Waals surface area contributed by atoms with Gasteiger partial charge in [0.05, 0.1) is 0 Å². The minimum atomic E-state index is -0.962. The lowest BCUT2D eigenvalue weighted by Crippen LogP contribution is -2.20. The van der Waals surface area contributed by atoms with Gasteiger partial charge in [-0.1, -0.05) is 30.3 Å². The molecule has 5 heteroatoms. The molecular formula is C19H28N2OS2. The normalized spacial score (nSPS) is 13.4. The van der Waals surface area contributed by atoms with Crippen molar-refractivity contribution < 1.29 is 4.79 Å². The highest BCUT2D eigenvalue weighted by molar-refractivity contribution is 8.35. The third-order valence-electron chi connectivity index (χ3n) is 3.70. The zero-order valence-electron chi connectivity index (χ0n) is 14.9. The smallest absolute Gasteiger partial charge is 0.193 e. The van der Waals surface area contributed by atoms with Crippen LogP contribution in [-0.4, -0.2) is 42.3 Å². The highest BCUT2D eigenvalue weighted by atomic mass is 32.3. The number of ketones is 1. The third-order valence-corrected chi connectivity index (χ3v) is 7.22. The molecule has 0 fully saturated rings. The Kier molecular flexibility index (Phi) is 6.01. The van der Waals surface area contributed by atoms with Crippen molar-refractivity contribution in [1.82, 2.24) is 0 Å². The van der Waals surface area contributed by atoms with Crippen molar-refractivity contribution >= 4 is 31.9 Å². The quantitative estimate of drug-likeness (QED) is 0.722. The molecule has 0 aromatic heterocycles. The van der Waals surface area contributed by atoms with Gasteiger partial charge in [0.15, 0.2) is 5.78 Å². The van der Waals surface area contributed by atoms with Crippen LogP contribution in [0.25, 0.3) is 0 Å². The summed E-state index contributed by atoms with van der Waals surface area (Å²) < 4.78 is 3.63. The molecule has 0 saturated heterocycles. The van der Waals surface area contributed by atoms with E-state index in [2.05, 4.69) is 29.7 Å². The first-order chi connectivity index (χ1) is 11.2. The van der Waals surface area contributed by atoms with Crippen LogP contribution < -0.4 is 9.86 Å². The fraction of sp³-hybridized carbons (Fsp3) is 0.316. The van der Waals surface area contributed by atoms with Crippen LogP contribution in [0.1, 0.15) is 15.9 Å². The molecule has 0 radical (unpaired) electrons. The van der Waals surface area contributed by atoms with Gasteiger partial charge in [0, 0.05) is 22.6 Å². The second kappa shape index (κ2) is 7.64. The Labute approximate surface area is 148 Å². The second-order valence-electron chi connectivity index (χ2n) is 6.94. The molecule has 2 aromatic rings. The summed E-state index contributed by atoms with van der Waals surface area (Å²) in [6.45, 7) is 0. The molecule has 0 spiro atoms. The summed E-state index contributed by atoms with van der Waals surface area (Å²) in [4.78, 5) is 12.4.